The number of thioether (sulfide) groups is 1. The number of alkyl halides is 3. The van der Waals surface area contributed by atoms with Gasteiger partial charge < -0.3 is 0 Å². The third-order valence-corrected chi connectivity index (χ3v) is 2.39. The Bertz CT molecular complexity index is 58.8. The lowest BCUT2D eigenvalue weighted by molar-refractivity contribution is 1.11. The molecule has 0 aliphatic carbocycles. The van der Waals surface area contributed by atoms with Crippen molar-refractivity contribution in [2.75, 3.05) is 5.75 Å². The standard InChI is InChI=1S/C4H7Cl3S/c1-2-3-8-4(5,6)7/h2-3H2,1H3. The van der Waals surface area contributed by atoms with Gasteiger partial charge in [-0.15, -0.1) is 11.8 Å². The molecule has 0 unspecified atom stereocenters. The molecule has 0 aliphatic heterocycles. The highest BCUT2D eigenvalue weighted by molar-refractivity contribution is 8.04. The molecule has 0 rings (SSSR count). The Morgan fingerprint density at radius 3 is 2.00 bits per heavy atom. The zero-order valence-corrected chi connectivity index (χ0v) is 7.54. The van der Waals surface area contributed by atoms with E-state index in [1.807, 2.05) is 6.92 Å². The Hall–Kier alpha value is 1.22. The van der Waals surface area contributed by atoms with Crippen LogP contribution in [0.1, 0.15) is 13.3 Å². The van der Waals surface area contributed by atoms with E-state index >= 15 is 0 Å². The zero-order valence-electron chi connectivity index (χ0n) is 4.46. The van der Waals surface area contributed by atoms with Crippen LogP contribution in [-0.2, 0) is 0 Å². The Labute approximate surface area is 68.9 Å². The van der Waals surface area contributed by atoms with Crippen molar-refractivity contribution < 1.29 is 0 Å². The summed E-state index contributed by atoms with van der Waals surface area (Å²) in [5.41, 5.74) is 0. The molecule has 4 heteroatoms. The SMILES string of the molecule is CCCSC(Cl)(Cl)Cl. The molecule has 0 heterocycles. The highest BCUT2D eigenvalue weighted by Crippen LogP contribution is 2.38. The lowest BCUT2D eigenvalue weighted by Crippen LogP contribution is -1.94. The van der Waals surface area contributed by atoms with Crippen LogP contribution < -0.4 is 0 Å². The maximum Gasteiger partial charge on any atom is 0.237 e. The van der Waals surface area contributed by atoms with E-state index in [0.29, 0.717) is 0 Å². The van der Waals surface area contributed by atoms with Crippen LogP contribution in [0.5, 0.6) is 0 Å². The van der Waals surface area contributed by atoms with E-state index < -0.39 is 3.12 Å². The fourth-order valence-corrected chi connectivity index (χ4v) is 1.35. The predicted molar refractivity (Wildman–Crippen MR) is 43.0 cm³/mol. The van der Waals surface area contributed by atoms with Gasteiger partial charge in [0.2, 0.25) is 3.12 Å². The van der Waals surface area contributed by atoms with Gasteiger partial charge in [0.1, 0.15) is 0 Å². The second kappa shape index (κ2) is 4.10. The molecule has 0 nitrogen and oxygen atoms in total. The fraction of sp³-hybridized carbons (Fsp3) is 1.00. The molecule has 0 saturated heterocycles. The molecule has 0 N–H and O–H groups in total. The first-order chi connectivity index (χ1) is 3.56. The summed E-state index contributed by atoms with van der Waals surface area (Å²) < 4.78 is -1.12. The van der Waals surface area contributed by atoms with Gasteiger partial charge in [-0.2, -0.15) is 0 Å². The van der Waals surface area contributed by atoms with Crippen LogP contribution in [0.15, 0.2) is 0 Å². The van der Waals surface area contributed by atoms with Gasteiger partial charge in [0.25, 0.3) is 0 Å². The zero-order chi connectivity index (χ0) is 6.62. The van der Waals surface area contributed by atoms with Gasteiger partial charge in [-0.05, 0) is 12.2 Å². The monoisotopic (exact) mass is 192 g/mol. The summed E-state index contributed by atoms with van der Waals surface area (Å²) in [6, 6.07) is 0. The van der Waals surface area contributed by atoms with Crippen LogP contribution >= 0.6 is 46.6 Å². The van der Waals surface area contributed by atoms with Crippen molar-refractivity contribution in [3.8, 4) is 0 Å². The third-order valence-electron chi connectivity index (χ3n) is 0.470. The van der Waals surface area contributed by atoms with E-state index in [1.165, 1.54) is 11.8 Å². The molecule has 0 saturated carbocycles. The highest BCUT2D eigenvalue weighted by Gasteiger charge is 2.18. The van der Waals surface area contributed by atoms with E-state index in [2.05, 4.69) is 0 Å². The molecule has 0 radical (unpaired) electrons. The number of halogens is 3. The van der Waals surface area contributed by atoms with E-state index in [-0.39, 0.29) is 0 Å². The highest BCUT2D eigenvalue weighted by atomic mass is 35.6. The maximum atomic E-state index is 5.41. The molecule has 0 aromatic rings. The minimum atomic E-state index is -1.12. The average Bonchev–Trinajstić information content (AvgIpc) is 1.59. The van der Waals surface area contributed by atoms with Crippen LogP contribution in [0.4, 0.5) is 0 Å². The summed E-state index contributed by atoms with van der Waals surface area (Å²) in [5.74, 6) is 0.899. The summed E-state index contributed by atoms with van der Waals surface area (Å²) in [7, 11) is 0. The molecule has 0 spiro atoms. The summed E-state index contributed by atoms with van der Waals surface area (Å²) in [6.07, 6.45) is 1.04. The normalized spacial score (nSPS) is 12.0. The summed E-state index contributed by atoms with van der Waals surface area (Å²) in [6.45, 7) is 2.05. The Morgan fingerprint density at radius 2 is 1.88 bits per heavy atom. The first kappa shape index (κ1) is 9.22. The Kier molecular flexibility index (Phi) is 4.73. The molecule has 0 atom stereocenters. The lowest BCUT2D eigenvalue weighted by Gasteiger charge is -2.07. The van der Waals surface area contributed by atoms with Crippen molar-refractivity contribution in [3.05, 3.63) is 0 Å². The van der Waals surface area contributed by atoms with Crippen LogP contribution in [-0.4, -0.2) is 8.88 Å². The largest absolute Gasteiger partial charge is 0.237 e. The number of hydrogen-bond donors (Lipinski definition) is 0. The molecule has 0 aromatic carbocycles. The summed E-state index contributed by atoms with van der Waals surface area (Å²) >= 11 is 17.5. The Balaban J connectivity index is 3.11. The van der Waals surface area contributed by atoms with Crippen molar-refractivity contribution >= 4 is 46.6 Å². The van der Waals surface area contributed by atoms with Gasteiger partial charge in [-0.3, -0.25) is 0 Å². The fourth-order valence-electron chi connectivity index (χ4n) is 0.218. The van der Waals surface area contributed by atoms with E-state index in [9.17, 15) is 0 Å². The minimum Gasteiger partial charge on any atom is -0.107 e. The molecule has 0 aromatic heterocycles. The molecule has 0 bridgehead atoms. The van der Waals surface area contributed by atoms with E-state index in [0.717, 1.165) is 12.2 Å². The van der Waals surface area contributed by atoms with Crippen molar-refractivity contribution in [2.24, 2.45) is 0 Å². The first-order valence-corrected chi connectivity index (χ1v) is 4.39. The second-order valence-corrected chi connectivity index (χ2v) is 5.56. The molecular weight excluding hydrogens is 186 g/mol. The van der Waals surface area contributed by atoms with Crippen LogP contribution in [0.25, 0.3) is 0 Å². The van der Waals surface area contributed by atoms with Gasteiger partial charge >= 0.3 is 0 Å². The van der Waals surface area contributed by atoms with E-state index in [1.54, 1.807) is 0 Å². The number of rotatable bonds is 2. The van der Waals surface area contributed by atoms with Crippen LogP contribution in [0.2, 0.25) is 0 Å². The van der Waals surface area contributed by atoms with Crippen LogP contribution in [0.3, 0.4) is 0 Å². The molecule has 50 valence electrons. The van der Waals surface area contributed by atoms with Crippen molar-refractivity contribution in [1.82, 2.24) is 0 Å². The molecule has 0 fully saturated rings. The average molecular weight is 194 g/mol. The smallest absolute Gasteiger partial charge is 0.107 e. The molecular formula is C4H7Cl3S. The second-order valence-electron chi connectivity index (χ2n) is 1.29. The van der Waals surface area contributed by atoms with Crippen molar-refractivity contribution in [2.45, 2.75) is 16.5 Å². The molecule has 0 aliphatic rings. The van der Waals surface area contributed by atoms with Gasteiger partial charge in [0.15, 0.2) is 0 Å². The summed E-state index contributed by atoms with van der Waals surface area (Å²) in [4.78, 5) is 0. The lowest BCUT2D eigenvalue weighted by atomic mass is 10.6. The Morgan fingerprint density at radius 1 is 1.38 bits per heavy atom. The van der Waals surface area contributed by atoms with Gasteiger partial charge in [-0.25, -0.2) is 0 Å². The van der Waals surface area contributed by atoms with Gasteiger partial charge in [0.05, 0.1) is 0 Å². The minimum absolute atomic E-state index is 0.899. The van der Waals surface area contributed by atoms with Gasteiger partial charge in [-0.1, -0.05) is 41.7 Å². The van der Waals surface area contributed by atoms with Gasteiger partial charge in [0, 0.05) is 0 Å². The maximum absolute atomic E-state index is 5.41. The summed E-state index contributed by atoms with van der Waals surface area (Å²) in [5, 5.41) is 0. The van der Waals surface area contributed by atoms with E-state index in [4.69, 9.17) is 34.8 Å². The first-order valence-electron chi connectivity index (χ1n) is 2.27. The quantitative estimate of drug-likeness (QED) is 0.605. The topological polar surface area (TPSA) is 0 Å². The van der Waals surface area contributed by atoms with Crippen LogP contribution in [0, 0.1) is 0 Å². The molecule has 8 heavy (non-hydrogen) atoms. The predicted octanol–water partition coefficient (Wildman–Crippen LogP) is 3.46. The molecule has 0 amide bonds. The number of hydrogen-bond acceptors (Lipinski definition) is 1. The third kappa shape index (κ3) is 7.22. The van der Waals surface area contributed by atoms with Crippen molar-refractivity contribution in [3.63, 3.8) is 0 Å². The van der Waals surface area contributed by atoms with Crippen molar-refractivity contribution in [1.29, 1.82) is 0 Å².